The van der Waals surface area contributed by atoms with Gasteiger partial charge in [0.15, 0.2) is 0 Å². The molecular weight excluding hydrogens is 192 g/mol. The highest BCUT2D eigenvalue weighted by Crippen LogP contribution is 2.14. The molecule has 0 aromatic carbocycles. The Morgan fingerprint density at radius 3 is 2.93 bits per heavy atom. The van der Waals surface area contributed by atoms with Gasteiger partial charge >= 0.3 is 5.97 Å². The normalized spacial score (nSPS) is 21.9. The summed E-state index contributed by atoms with van der Waals surface area (Å²) in [5.74, 6) is 0.544. The zero-order valence-corrected chi connectivity index (χ0v) is 9.79. The zero-order valence-electron chi connectivity index (χ0n) is 9.79. The fourth-order valence-electron chi connectivity index (χ4n) is 1.96. The second-order valence-corrected chi connectivity index (χ2v) is 3.98. The number of likely N-dealkylation sites (tertiary alicyclic amines) is 1. The molecule has 1 unspecified atom stereocenters. The largest absolute Gasteiger partial charge is 0.465 e. The van der Waals surface area contributed by atoms with Crippen LogP contribution in [-0.4, -0.2) is 50.2 Å². The van der Waals surface area contributed by atoms with E-state index in [1.54, 1.807) is 0 Å². The summed E-state index contributed by atoms with van der Waals surface area (Å²) in [6, 6.07) is 0. The van der Waals surface area contributed by atoms with Crippen LogP contribution >= 0.6 is 0 Å². The number of hydrogen-bond donors (Lipinski definition) is 1. The third-order valence-electron chi connectivity index (χ3n) is 2.82. The van der Waals surface area contributed by atoms with Crippen molar-refractivity contribution >= 4 is 5.97 Å². The van der Waals surface area contributed by atoms with Gasteiger partial charge in [-0.05, 0) is 38.9 Å². The van der Waals surface area contributed by atoms with Crippen molar-refractivity contribution in [2.45, 2.75) is 20.3 Å². The van der Waals surface area contributed by atoms with Crippen LogP contribution in [0.25, 0.3) is 0 Å². The van der Waals surface area contributed by atoms with E-state index in [0.29, 0.717) is 19.1 Å². The lowest BCUT2D eigenvalue weighted by atomic mass is 10.1. The second-order valence-electron chi connectivity index (χ2n) is 3.98. The lowest BCUT2D eigenvalue weighted by Gasteiger charge is -2.13. The quantitative estimate of drug-likeness (QED) is 0.653. The van der Waals surface area contributed by atoms with E-state index < -0.39 is 0 Å². The van der Waals surface area contributed by atoms with Crippen molar-refractivity contribution < 1.29 is 9.53 Å². The number of carbonyl (C=O) groups excluding carboxylic acids is 1. The summed E-state index contributed by atoms with van der Waals surface area (Å²) in [6.07, 6.45) is 1.24. The number of esters is 1. The minimum Gasteiger partial charge on any atom is -0.465 e. The Kier molecular flexibility index (Phi) is 5.65. The van der Waals surface area contributed by atoms with Gasteiger partial charge in [-0.25, -0.2) is 0 Å². The van der Waals surface area contributed by atoms with Crippen molar-refractivity contribution in [2.75, 3.05) is 39.3 Å². The maximum atomic E-state index is 11.0. The molecule has 0 aromatic heterocycles. The van der Waals surface area contributed by atoms with E-state index in [4.69, 9.17) is 4.74 Å². The highest BCUT2D eigenvalue weighted by Gasteiger charge is 2.20. The molecule has 1 rings (SSSR count). The number of nitrogens with one attached hydrogen (secondary N) is 1. The molecule has 1 heterocycles. The fraction of sp³-hybridized carbons (Fsp3) is 0.909. The molecule has 0 bridgehead atoms. The molecule has 0 saturated carbocycles. The highest BCUT2D eigenvalue weighted by atomic mass is 16.5. The third-order valence-corrected chi connectivity index (χ3v) is 2.82. The van der Waals surface area contributed by atoms with Crippen LogP contribution in [0.2, 0.25) is 0 Å². The molecular formula is C11H22N2O2. The van der Waals surface area contributed by atoms with E-state index >= 15 is 0 Å². The standard InChI is InChI=1S/C11H22N2O2/c1-3-13-6-5-10(9-13)7-12-8-11(14)15-4-2/h10,12H,3-9H2,1-2H3. The maximum Gasteiger partial charge on any atom is 0.319 e. The molecule has 1 fully saturated rings. The molecule has 0 aromatic rings. The molecule has 1 N–H and O–H groups in total. The fourth-order valence-corrected chi connectivity index (χ4v) is 1.96. The van der Waals surface area contributed by atoms with Gasteiger partial charge in [0.25, 0.3) is 0 Å². The van der Waals surface area contributed by atoms with Crippen LogP contribution < -0.4 is 5.32 Å². The number of nitrogens with zero attached hydrogens (tertiary/aromatic N) is 1. The van der Waals surface area contributed by atoms with Gasteiger partial charge in [0.05, 0.1) is 13.2 Å². The summed E-state index contributed by atoms with van der Waals surface area (Å²) in [5, 5.41) is 3.16. The van der Waals surface area contributed by atoms with Crippen molar-refractivity contribution in [1.29, 1.82) is 0 Å². The van der Waals surface area contributed by atoms with E-state index in [1.807, 2.05) is 6.92 Å². The zero-order chi connectivity index (χ0) is 11.1. The van der Waals surface area contributed by atoms with E-state index in [1.165, 1.54) is 13.0 Å². The van der Waals surface area contributed by atoms with Gasteiger partial charge in [0.1, 0.15) is 0 Å². The van der Waals surface area contributed by atoms with Crippen LogP contribution in [-0.2, 0) is 9.53 Å². The third kappa shape index (κ3) is 4.62. The van der Waals surface area contributed by atoms with Crippen LogP contribution in [0.4, 0.5) is 0 Å². The molecule has 88 valence electrons. The highest BCUT2D eigenvalue weighted by molar-refractivity contribution is 5.71. The van der Waals surface area contributed by atoms with Crippen LogP contribution in [0.1, 0.15) is 20.3 Å². The Morgan fingerprint density at radius 1 is 1.53 bits per heavy atom. The Labute approximate surface area is 92.0 Å². The summed E-state index contributed by atoms with van der Waals surface area (Å²) < 4.78 is 4.84. The first kappa shape index (κ1) is 12.5. The predicted molar refractivity (Wildman–Crippen MR) is 59.7 cm³/mol. The van der Waals surface area contributed by atoms with E-state index in [2.05, 4.69) is 17.1 Å². The van der Waals surface area contributed by atoms with Crippen LogP contribution in [0.15, 0.2) is 0 Å². The Hall–Kier alpha value is -0.610. The summed E-state index contributed by atoms with van der Waals surface area (Å²) in [4.78, 5) is 13.5. The van der Waals surface area contributed by atoms with Crippen molar-refractivity contribution in [1.82, 2.24) is 10.2 Å². The van der Waals surface area contributed by atoms with Crippen LogP contribution in [0, 0.1) is 5.92 Å². The summed E-state index contributed by atoms with van der Waals surface area (Å²) >= 11 is 0. The van der Waals surface area contributed by atoms with Crippen molar-refractivity contribution in [3.63, 3.8) is 0 Å². The SMILES string of the molecule is CCOC(=O)CNCC1CCN(CC)C1. The van der Waals surface area contributed by atoms with E-state index in [9.17, 15) is 4.79 Å². The van der Waals surface area contributed by atoms with Crippen LogP contribution in [0.3, 0.4) is 0 Å². The van der Waals surface area contributed by atoms with Gasteiger partial charge in [0.2, 0.25) is 0 Å². The Bertz CT molecular complexity index is 197. The van der Waals surface area contributed by atoms with Gasteiger partial charge in [-0.15, -0.1) is 0 Å². The lowest BCUT2D eigenvalue weighted by molar-refractivity contribution is -0.142. The van der Waals surface area contributed by atoms with Gasteiger partial charge in [-0.3, -0.25) is 4.79 Å². The molecule has 0 spiro atoms. The summed E-state index contributed by atoms with van der Waals surface area (Å²) in [5.41, 5.74) is 0. The summed E-state index contributed by atoms with van der Waals surface area (Å²) in [6.45, 7) is 9.24. The van der Waals surface area contributed by atoms with Crippen molar-refractivity contribution in [3.8, 4) is 0 Å². The molecule has 1 aliphatic rings. The first-order chi connectivity index (χ1) is 7.26. The van der Waals surface area contributed by atoms with Gasteiger partial charge < -0.3 is 15.0 Å². The number of carbonyl (C=O) groups is 1. The molecule has 0 radical (unpaired) electrons. The first-order valence-electron chi connectivity index (χ1n) is 5.85. The molecule has 1 aliphatic heterocycles. The molecule has 4 heteroatoms. The van der Waals surface area contributed by atoms with Crippen LogP contribution in [0.5, 0.6) is 0 Å². The molecule has 4 nitrogen and oxygen atoms in total. The smallest absolute Gasteiger partial charge is 0.319 e. The van der Waals surface area contributed by atoms with Gasteiger partial charge in [0, 0.05) is 6.54 Å². The average Bonchev–Trinajstić information content (AvgIpc) is 2.66. The van der Waals surface area contributed by atoms with Crippen molar-refractivity contribution in [3.05, 3.63) is 0 Å². The lowest BCUT2D eigenvalue weighted by Crippen LogP contribution is -2.31. The molecule has 0 aliphatic carbocycles. The minimum atomic E-state index is -0.150. The number of ether oxygens (including phenoxy) is 1. The molecule has 0 amide bonds. The first-order valence-corrected chi connectivity index (χ1v) is 5.85. The van der Waals surface area contributed by atoms with Gasteiger partial charge in [-0.1, -0.05) is 6.92 Å². The second kappa shape index (κ2) is 6.80. The maximum absolute atomic E-state index is 11.0. The molecule has 15 heavy (non-hydrogen) atoms. The summed E-state index contributed by atoms with van der Waals surface area (Å²) in [7, 11) is 0. The Balaban J connectivity index is 2.03. The molecule has 1 atom stereocenters. The van der Waals surface area contributed by atoms with E-state index in [0.717, 1.165) is 19.6 Å². The van der Waals surface area contributed by atoms with E-state index in [-0.39, 0.29) is 5.97 Å². The number of rotatable bonds is 6. The number of hydrogen-bond acceptors (Lipinski definition) is 4. The topological polar surface area (TPSA) is 41.6 Å². The van der Waals surface area contributed by atoms with Gasteiger partial charge in [-0.2, -0.15) is 0 Å². The average molecular weight is 214 g/mol. The monoisotopic (exact) mass is 214 g/mol. The predicted octanol–water partition coefficient (Wildman–Crippen LogP) is 0.481. The minimum absolute atomic E-state index is 0.150. The molecule has 1 saturated heterocycles. The Morgan fingerprint density at radius 2 is 2.33 bits per heavy atom. The van der Waals surface area contributed by atoms with Crippen molar-refractivity contribution in [2.24, 2.45) is 5.92 Å².